The van der Waals surface area contributed by atoms with Gasteiger partial charge in [0.1, 0.15) is 0 Å². The molecule has 1 heterocycles. The summed E-state index contributed by atoms with van der Waals surface area (Å²) < 4.78 is 0. The fraction of sp³-hybridized carbons (Fsp3) is 0.917. The van der Waals surface area contributed by atoms with Crippen molar-refractivity contribution in [2.45, 2.75) is 33.2 Å². The first kappa shape index (κ1) is 14.6. The van der Waals surface area contributed by atoms with E-state index < -0.39 is 6.09 Å². The molecule has 1 fully saturated rings. The first-order valence-electron chi connectivity index (χ1n) is 6.12. The van der Waals surface area contributed by atoms with E-state index in [1.807, 2.05) is 0 Å². The number of carbonyl (C=O) groups is 1. The second-order valence-corrected chi connectivity index (χ2v) is 6.21. The fourth-order valence-corrected chi connectivity index (χ4v) is 2.87. The molecule has 2 N–H and O–H groups in total. The van der Waals surface area contributed by atoms with Crippen LogP contribution in [0.1, 0.15) is 27.2 Å². The molecule has 2 atom stereocenters. The first-order chi connectivity index (χ1) is 7.84. The molecular weight excluding hydrogens is 240 g/mol. The van der Waals surface area contributed by atoms with E-state index in [1.165, 1.54) is 0 Å². The van der Waals surface area contributed by atoms with Gasteiger partial charge in [-0.2, -0.15) is 0 Å². The molecule has 0 radical (unpaired) electrons. The molecular formula is C12H23ClN2O2. The molecule has 2 unspecified atom stereocenters. The Hall–Kier alpha value is -0.480. The predicted molar refractivity (Wildman–Crippen MR) is 69.7 cm³/mol. The van der Waals surface area contributed by atoms with Crippen LogP contribution in [0.5, 0.6) is 0 Å². The van der Waals surface area contributed by atoms with Crippen LogP contribution >= 0.6 is 11.6 Å². The van der Waals surface area contributed by atoms with E-state index in [2.05, 4.69) is 31.0 Å². The molecule has 1 rings (SSSR count). The highest BCUT2D eigenvalue weighted by Gasteiger charge is 2.37. The zero-order chi connectivity index (χ0) is 13.1. The van der Waals surface area contributed by atoms with Crippen LogP contribution in [0.2, 0.25) is 0 Å². The Morgan fingerprint density at radius 3 is 2.71 bits per heavy atom. The lowest BCUT2D eigenvalue weighted by Crippen LogP contribution is -2.48. The smallest absolute Gasteiger partial charge is 0.404 e. The number of nitrogens with zero attached hydrogens (tertiary/aromatic N) is 1. The van der Waals surface area contributed by atoms with E-state index >= 15 is 0 Å². The Bertz CT molecular complexity index is 266. The van der Waals surface area contributed by atoms with Gasteiger partial charge in [0.2, 0.25) is 0 Å². The highest BCUT2D eigenvalue weighted by molar-refractivity contribution is 6.18. The van der Waals surface area contributed by atoms with Crippen molar-refractivity contribution < 1.29 is 9.90 Å². The maximum Gasteiger partial charge on any atom is 0.404 e. The van der Waals surface area contributed by atoms with Crippen LogP contribution in [-0.4, -0.2) is 47.7 Å². The Morgan fingerprint density at radius 2 is 2.24 bits per heavy atom. The molecule has 17 heavy (non-hydrogen) atoms. The maximum atomic E-state index is 10.9. The zero-order valence-corrected chi connectivity index (χ0v) is 11.6. The molecule has 4 nitrogen and oxygen atoms in total. The third kappa shape index (κ3) is 4.36. The number of halogens is 1. The fourth-order valence-electron chi connectivity index (χ4n) is 2.63. The van der Waals surface area contributed by atoms with Crippen molar-refractivity contribution in [3.8, 4) is 0 Å². The number of amides is 1. The SMILES string of the molecule is CC(C)(C)C(NC(=O)O)C1CCN(CCCl)C1. The van der Waals surface area contributed by atoms with Gasteiger partial charge in [-0.05, 0) is 24.3 Å². The second kappa shape index (κ2) is 5.91. The van der Waals surface area contributed by atoms with Crippen LogP contribution in [0, 0.1) is 11.3 Å². The molecule has 0 aromatic heterocycles. The van der Waals surface area contributed by atoms with Crippen molar-refractivity contribution >= 4 is 17.7 Å². The van der Waals surface area contributed by atoms with Crippen LogP contribution in [0.15, 0.2) is 0 Å². The zero-order valence-electron chi connectivity index (χ0n) is 10.9. The highest BCUT2D eigenvalue weighted by Crippen LogP contribution is 2.31. The minimum absolute atomic E-state index is 0.000301. The number of nitrogens with one attached hydrogen (secondary N) is 1. The topological polar surface area (TPSA) is 52.6 Å². The average Bonchev–Trinajstić information content (AvgIpc) is 2.61. The van der Waals surface area contributed by atoms with Crippen LogP contribution in [0.4, 0.5) is 4.79 Å². The molecule has 0 aliphatic carbocycles. The molecule has 1 amide bonds. The molecule has 0 aromatic carbocycles. The summed E-state index contributed by atoms with van der Waals surface area (Å²) in [6.45, 7) is 9.09. The van der Waals surface area contributed by atoms with Gasteiger partial charge in [-0.25, -0.2) is 4.79 Å². The van der Waals surface area contributed by atoms with Crippen LogP contribution in [0.3, 0.4) is 0 Å². The standard InChI is InChI=1S/C12H23ClN2O2/c1-12(2,3)10(14-11(16)17)9-4-6-15(8-9)7-5-13/h9-10,14H,4-8H2,1-3H3,(H,16,17). The third-order valence-corrected chi connectivity index (χ3v) is 3.56. The lowest BCUT2D eigenvalue weighted by molar-refractivity contribution is 0.153. The minimum atomic E-state index is -0.930. The van der Waals surface area contributed by atoms with Gasteiger partial charge in [0, 0.05) is 25.0 Å². The normalized spacial score (nSPS) is 23.6. The Labute approximate surface area is 108 Å². The third-order valence-electron chi connectivity index (χ3n) is 3.39. The van der Waals surface area contributed by atoms with Gasteiger partial charge in [0.25, 0.3) is 0 Å². The average molecular weight is 263 g/mol. The number of hydrogen-bond acceptors (Lipinski definition) is 2. The molecule has 1 aliphatic rings. The van der Waals surface area contributed by atoms with Gasteiger partial charge in [0.15, 0.2) is 0 Å². The summed E-state index contributed by atoms with van der Waals surface area (Å²) >= 11 is 5.73. The Balaban J connectivity index is 2.63. The number of likely N-dealkylation sites (tertiary alicyclic amines) is 1. The van der Waals surface area contributed by atoms with Crippen molar-refractivity contribution in [3.63, 3.8) is 0 Å². The van der Waals surface area contributed by atoms with Gasteiger partial charge in [-0.1, -0.05) is 20.8 Å². The first-order valence-corrected chi connectivity index (χ1v) is 6.66. The number of carboxylic acid groups (broad SMARTS) is 1. The quantitative estimate of drug-likeness (QED) is 0.764. The van der Waals surface area contributed by atoms with Gasteiger partial charge >= 0.3 is 6.09 Å². The molecule has 1 aliphatic heterocycles. The molecule has 5 heteroatoms. The predicted octanol–water partition coefficient (Wildman–Crippen LogP) is 2.23. The summed E-state index contributed by atoms with van der Waals surface area (Å²) in [6.07, 6.45) is 0.111. The monoisotopic (exact) mass is 262 g/mol. The van der Waals surface area contributed by atoms with Crippen molar-refractivity contribution in [1.29, 1.82) is 0 Å². The summed E-state index contributed by atoms with van der Waals surface area (Å²) in [5.74, 6) is 1.02. The highest BCUT2D eigenvalue weighted by atomic mass is 35.5. The van der Waals surface area contributed by atoms with E-state index in [4.69, 9.17) is 16.7 Å². The molecule has 0 aromatic rings. The lowest BCUT2D eigenvalue weighted by atomic mass is 9.78. The van der Waals surface area contributed by atoms with Crippen molar-refractivity contribution in [2.75, 3.05) is 25.5 Å². The largest absolute Gasteiger partial charge is 0.465 e. The van der Waals surface area contributed by atoms with Gasteiger partial charge in [-0.3, -0.25) is 0 Å². The lowest BCUT2D eigenvalue weighted by Gasteiger charge is -2.35. The molecule has 1 saturated heterocycles. The number of rotatable bonds is 4. The van der Waals surface area contributed by atoms with Gasteiger partial charge < -0.3 is 15.3 Å². The summed E-state index contributed by atoms with van der Waals surface area (Å²) in [4.78, 5) is 13.2. The minimum Gasteiger partial charge on any atom is -0.465 e. The Morgan fingerprint density at radius 1 is 1.59 bits per heavy atom. The molecule has 0 saturated carbocycles. The number of alkyl halides is 1. The van der Waals surface area contributed by atoms with E-state index in [9.17, 15) is 4.79 Å². The van der Waals surface area contributed by atoms with Crippen LogP contribution < -0.4 is 5.32 Å². The second-order valence-electron chi connectivity index (χ2n) is 5.83. The van der Waals surface area contributed by atoms with Gasteiger partial charge in [-0.15, -0.1) is 11.6 Å². The molecule has 100 valence electrons. The summed E-state index contributed by atoms with van der Waals surface area (Å²) in [5.41, 5.74) is -0.0555. The summed E-state index contributed by atoms with van der Waals surface area (Å²) in [7, 11) is 0. The van der Waals surface area contributed by atoms with E-state index in [-0.39, 0.29) is 11.5 Å². The van der Waals surface area contributed by atoms with E-state index in [0.29, 0.717) is 11.8 Å². The summed E-state index contributed by atoms with van der Waals surface area (Å²) in [5, 5.41) is 11.6. The van der Waals surface area contributed by atoms with Gasteiger partial charge in [0.05, 0.1) is 0 Å². The van der Waals surface area contributed by atoms with Crippen molar-refractivity contribution in [2.24, 2.45) is 11.3 Å². The van der Waals surface area contributed by atoms with Crippen LogP contribution in [0.25, 0.3) is 0 Å². The van der Waals surface area contributed by atoms with Crippen molar-refractivity contribution in [1.82, 2.24) is 10.2 Å². The summed E-state index contributed by atoms with van der Waals surface area (Å²) in [6, 6.07) is 0.000301. The van der Waals surface area contributed by atoms with E-state index in [0.717, 1.165) is 26.1 Å². The maximum absolute atomic E-state index is 10.9. The van der Waals surface area contributed by atoms with Crippen LogP contribution in [-0.2, 0) is 0 Å². The molecule has 0 spiro atoms. The van der Waals surface area contributed by atoms with Crippen molar-refractivity contribution in [3.05, 3.63) is 0 Å². The Kier molecular flexibility index (Phi) is 5.07. The molecule has 0 bridgehead atoms. The van der Waals surface area contributed by atoms with E-state index in [1.54, 1.807) is 0 Å². The number of hydrogen-bond donors (Lipinski definition) is 2.